The molecule has 1 atom stereocenters. The van der Waals surface area contributed by atoms with E-state index in [4.69, 9.17) is 11.6 Å². The first kappa shape index (κ1) is 10.1. The lowest BCUT2D eigenvalue weighted by Gasteiger charge is -2.22. The Morgan fingerprint density at radius 2 is 2.44 bits per heavy atom. The number of halogens is 1. The van der Waals surface area contributed by atoms with Crippen LogP contribution in [0.1, 0.15) is 24.5 Å². The smallest absolute Gasteiger partial charge is 0.235 e. The van der Waals surface area contributed by atoms with Crippen LogP contribution in [0, 0.1) is 0 Å². The summed E-state index contributed by atoms with van der Waals surface area (Å²) in [5.41, 5.74) is 1.11. The molecule has 3 rings (SSSR count). The van der Waals surface area contributed by atoms with Crippen molar-refractivity contribution >= 4 is 17.4 Å². The van der Waals surface area contributed by atoms with E-state index < -0.39 is 0 Å². The summed E-state index contributed by atoms with van der Waals surface area (Å²) in [5.74, 6) is 1.20. The Kier molecular flexibility index (Phi) is 2.53. The molecule has 16 heavy (non-hydrogen) atoms. The van der Waals surface area contributed by atoms with Crippen molar-refractivity contribution in [2.45, 2.75) is 18.8 Å². The quantitative estimate of drug-likeness (QED) is 0.822. The lowest BCUT2D eigenvalue weighted by atomic mass is 9.96. The third kappa shape index (κ3) is 1.68. The van der Waals surface area contributed by atoms with E-state index in [1.54, 1.807) is 10.6 Å². The van der Waals surface area contributed by atoms with Crippen molar-refractivity contribution in [3.05, 3.63) is 29.3 Å². The maximum Gasteiger partial charge on any atom is 0.235 e. The second-order valence-electron chi connectivity index (χ2n) is 4.15. The molecule has 1 aliphatic rings. The SMILES string of the molecule is Clc1cnc2nc(C3CCCNC3)ccn12. The number of imidazole rings is 1. The summed E-state index contributed by atoms with van der Waals surface area (Å²) in [6.07, 6.45) is 5.99. The molecule has 0 amide bonds. The summed E-state index contributed by atoms with van der Waals surface area (Å²) in [5, 5.41) is 4.00. The van der Waals surface area contributed by atoms with Crippen molar-refractivity contribution in [1.29, 1.82) is 0 Å². The van der Waals surface area contributed by atoms with Gasteiger partial charge < -0.3 is 5.32 Å². The van der Waals surface area contributed by atoms with Crippen LogP contribution in [0.15, 0.2) is 18.5 Å². The van der Waals surface area contributed by atoms with Gasteiger partial charge >= 0.3 is 0 Å². The van der Waals surface area contributed by atoms with Gasteiger partial charge in [0, 0.05) is 18.7 Å². The number of rotatable bonds is 1. The fourth-order valence-electron chi connectivity index (χ4n) is 2.19. The van der Waals surface area contributed by atoms with Crippen LogP contribution in [0.3, 0.4) is 0 Å². The minimum atomic E-state index is 0.509. The van der Waals surface area contributed by atoms with Gasteiger partial charge in [-0.15, -0.1) is 0 Å². The summed E-state index contributed by atoms with van der Waals surface area (Å²) < 4.78 is 1.79. The summed E-state index contributed by atoms with van der Waals surface area (Å²) >= 11 is 5.96. The van der Waals surface area contributed by atoms with Crippen LogP contribution in [-0.2, 0) is 0 Å². The minimum absolute atomic E-state index is 0.509. The first-order valence-corrected chi connectivity index (χ1v) is 5.92. The molecule has 4 nitrogen and oxygen atoms in total. The molecule has 2 aromatic rings. The van der Waals surface area contributed by atoms with E-state index in [0.717, 1.165) is 18.8 Å². The zero-order valence-corrected chi connectivity index (χ0v) is 9.61. The van der Waals surface area contributed by atoms with E-state index in [-0.39, 0.29) is 0 Å². The van der Waals surface area contributed by atoms with E-state index >= 15 is 0 Å². The van der Waals surface area contributed by atoms with E-state index in [9.17, 15) is 0 Å². The fourth-order valence-corrected chi connectivity index (χ4v) is 2.37. The zero-order valence-electron chi connectivity index (χ0n) is 8.86. The number of aromatic nitrogens is 3. The summed E-state index contributed by atoms with van der Waals surface area (Å²) in [4.78, 5) is 8.72. The molecule has 0 radical (unpaired) electrons. The Bertz CT molecular complexity index is 502. The second-order valence-corrected chi connectivity index (χ2v) is 4.53. The first-order valence-electron chi connectivity index (χ1n) is 5.55. The fraction of sp³-hybridized carbons (Fsp3) is 0.455. The van der Waals surface area contributed by atoms with Gasteiger partial charge in [-0.25, -0.2) is 9.97 Å². The maximum atomic E-state index is 5.96. The Morgan fingerprint density at radius 1 is 1.50 bits per heavy atom. The zero-order chi connectivity index (χ0) is 11.0. The Labute approximate surface area is 98.7 Å². The third-order valence-corrected chi connectivity index (χ3v) is 3.35. The molecule has 0 spiro atoms. The molecule has 1 unspecified atom stereocenters. The third-order valence-electron chi connectivity index (χ3n) is 3.07. The van der Waals surface area contributed by atoms with Crippen LogP contribution in [0.2, 0.25) is 5.15 Å². The number of nitrogens with zero attached hydrogens (tertiary/aromatic N) is 3. The number of hydrogen-bond donors (Lipinski definition) is 1. The average Bonchev–Trinajstić information content (AvgIpc) is 2.72. The highest BCUT2D eigenvalue weighted by molar-refractivity contribution is 6.29. The van der Waals surface area contributed by atoms with Crippen molar-refractivity contribution in [2.24, 2.45) is 0 Å². The highest BCUT2D eigenvalue weighted by Crippen LogP contribution is 2.22. The molecule has 5 heteroatoms. The van der Waals surface area contributed by atoms with Crippen molar-refractivity contribution in [1.82, 2.24) is 19.7 Å². The molecule has 1 N–H and O–H groups in total. The summed E-state index contributed by atoms with van der Waals surface area (Å²) in [6.45, 7) is 2.13. The number of hydrogen-bond acceptors (Lipinski definition) is 3. The van der Waals surface area contributed by atoms with Gasteiger partial charge in [0.15, 0.2) is 0 Å². The van der Waals surface area contributed by atoms with Crippen LogP contribution in [0.25, 0.3) is 5.78 Å². The Hall–Kier alpha value is -1.13. The first-order chi connectivity index (χ1) is 7.84. The van der Waals surface area contributed by atoms with Gasteiger partial charge in [0.05, 0.1) is 11.9 Å². The highest BCUT2D eigenvalue weighted by Gasteiger charge is 2.17. The van der Waals surface area contributed by atoms with Gasteiger partial charge in [0.1, 0.15) is 5.15 Å². The van der Waals surface area contributed by atoms with E-state index in [1.807, 2.05) is 12.3 Å². The number of nitrogens with one attached hydrogen (secondary N) is 1. The van der Waals surface area contributed by atoms with Gasteiger partial charge in [0.2, 0.25) is 5.78 Å². The van der Waals surface area contributed by atoms with Gasteiger partial charge in [-0.2, -0.15) is 0 Å². The van der Waals surface area contributed by atoms with Crippen LogP contribution in [0.4, 0.5) is 0 Å². The molecule has 0 bridgehead atoms. The molecule has 1 saturated heterocycles. The van der Waals surface area contributed by atoms with Crippen LogP contribution in [-0.4, -0.2) is 27.5 Å². The predicted octanol–water partition coefficient (Wildman–Crippen LogP) is 1.85. The normalized spacial score (nSPS) is 21.4. The monoisotopic (exact) mass is 236 g/mol. The summed E-state index contributed by atoms with van der Waals surface area (Å²) in [6, 6.07) is 2.04. The van der Waals surface area contributed by atoms with Crippen LogP contribution < -0.4 is 5.32 Å². The molecule has 1 fully saturated rings. The Balaban J connectivity index is 1.97. The highest BCUT2D eigenvalue weighted by atomic mass is 35.5. The van der Waals surface area contributed by atoms with Crippen molar-refractivity contribution < 1.29 is 0 Å². The molecular weight excluding hydrogens is 224 g/mol. The Morgan fingerprint density at radius 3 is 3.25 bits per heavy atom. The van der Waals surface area contributed by atoms with E-state index in [2.05, 4.69) is 15.3 Å². The van der Waals surface area contributed by atoms with Crippen molar-refractivity contribution in [3.63, 3.8) is 0 Å². The van der Waals surface area contributed by atoms with Gasteiger partial charge in [-0.05, 0) is 25.5 Å². The number of fused-ring (bicyclic) bond motifs is 1. The largest absolute Gasteiger partial charge is 0.316 e. The lowest BCUT2D eigenvalue weighted by molar-refractivity contribution is 0.454. The minimum Gasteiger partial charge on any atom is -0.316 e. The lowest BCUT2D eigenvalue weighted by Crippen LogP contribution is -2.28. The summed E-state index contributed by atoms with van der Waals surface area (Å²) in [7, 11) is 0. The molecule has 0 aliphatic carbocycles. The van der Waals surface area contributed by atoms with Crippen molar-refractivity contribution in [2.75, 3.05) is 13.1 Å². The standard InChI is InChI=1S/C11H13ClN4/c12-10-7-14-11-15-9(3-5-16(10)11)8-2-1-4-13-6-8/h3,5,7-8,13H,1-2,4,6H2. The topological polar surface area (TPSA) is 42.2 Å². The average molecular weight is 237 g/mol. The molecule has 3 heterocycles. The molecule has 0 aromatic carbocycles. The van der Waals surface area contributed by atoms with Gasteiger partial charge in [-0.1, -0.05) is 11.6 Å². The van der Waals surface area contributed by atoms with Crippen LogP contribution >= 0.6 is 11.6 Å². The second kappa shape index (κ2) is 4.03. The predicted molar refractivity (Wildman–Crippen MR) is 62.8 cm³/mol. The van der Waals surface area contributed by atoms with E-state index in [1.165, 1.54) is 12.8 Å². The molecule has 1 aliphatic heterocycles. The number of piperidine rings is 1. The van der Waals surface area contributed by atoms with Gasteiger partial charge in [0.25, 0.3) is 0 Å². The maximum absolute atomic E-state index is 5.96. The molecule has 84 valence electrons. The van der Waals surface area contributed by atoms with E-state index in [0.29, 0.717) is 16.8 Å². The molecular formula is C11H13ClN4. The van der Waals surface area contributed by atoms with Crippen molar-refractivity contribution in [3.8, 4) is 0 Å². The van der Waals surface area contributed by atoms with Gasteiger partial charge in [-0.3, -0.25) is 4.40 Å². The van der Waals surface area contributed by atoms with Crippen LogP contribution in [0.5, 0.6) is 0 Å². The molecule has 2 aromatic heterocycles. The molecule has 0 saturated carbocycles.